The van der Waals surface area contributed by atoms with E-state index >= 15 is 0 Å². The van der Waals surface area contributed by atoms with Crippen LogP contribution in [0.1, 0.15) is 0 Å². The molecule has 1 heteroatoms. The van der Waals surface area contributed by atoms with Crippen LogP contribution >= 0.6 is 0 Å². The Morgan fingerprint density at radius 3 is 0.942 bits per heavy atom. The van der Waals surface area contributed by atoms with E-state index in [0.29, 0.717) is 0 Å². The molecule has 0 saturated carbocycles. The van der Waals surface area contributed by atoms with Crippen molar-refractivity contribution in [1.82, 2.24) is 4.57 Å². The molecule has 1 nitrogen and oxygen atoms in total. The van der Waals surface area contributed by atoms with Crippen molar-refractivity contribution in [2.75, 3.05) is 0 Å². The number of hydrogen-bond acceptors (Lipinski definition) is 0. The highest BCUT2D eigenvalue weighted by molar-refractivity contribution is 6.22. The first-order valence-electron chi connectivity index (χ1n) is 23.8. The predicted octanol–water partition coefficient (Wildman–Crippen LogP) is 18.8. The van der Waals surface area contributed by atoms with E-state index in [9.17, 15) is 0 Å². The Bertz CT molecular complexity index is 3980. The standard InChI is InChI=1S/C68H45N/c1-5-15-46(16-6-1)49-29-33-53(34-30-49)67-60-40-37-56(48-19-9-3-10-20-48)45-64(60)68(61-41-38-55(44-63(61)67)47-17-7-2-8-18-47)54-35-31-51(32-36-54)50-25-27-52(28-26-50)57-39-42-66-62(43-57)59-23-13-14-24-65(59)69(66)58-21-11-4-12-22-58/h1-45H. The summed E-state index contributed by atoms with van der Waals surface area (Å²) in [5, 5.41) is 7.46. The number of para-hydroxylation sites is 2. The van der Waals surface area contributed by atoms with Crippen molar-refractivity contribution < 1.29 is 0 Å². The molecule has 69 heavy (non-hydrogen) atoms. The van der Waals surface area contributed by atoms with E-state index in [4.69, 9.17) is 0 Å². The van der Waals surface area contributed by atoms with E-state index in [1.807, 2.05) is 0 Å². The molecule has 0 N–H and O–H groups in total. The predicted molar refractivity (Wildman–Crippen MR) is 294 cm³/mol. The first kappa shape index (κ1) is 40.3. The van der Waals surface area contributed by atoms with E-state index in [2.05, 4.69) is 278 Å². The lowest BCUT2D eigenvalue weighted by molar-refractivity contribution is 1.18. The summed E-state index contributed by atoms with van der Waals surface area (Å²) in [7, 11) is 0. The molecule has 0 spiro atoms. The Morgan fingerprint density at radius 1 is 0.174 bits per heavy atom. The fourth-order valence-electron chi connectivity index (χ4n) is 10.6. The van der Waals surface area contributed by atoms with Crippen LogP contribution in [0.2, 0.25) is 0 Å². The fraction of sp³-hybridized carbons (Fsp3) is 0. The lowest BCUT2D eigenvalue weighted by Crippen LogP contribution is -1.93. The molecule has 0 aliphatic carbocycles. The van der Waals surface area contributed by atoms with Gasteiger partial charge in [0.2, 0.25) is 0 Å². The summed E-state index contributed by atoms with van der Waals surface area (Å²) in [6.45, 7) is 0. The third-order valence-electron chi connectivity index (χ3n) is 14.0. The molecular formula is C68H45N. The van der Waals surface area contributed by atoms with E-state index in [1.54, 1.807) is 0 Å². The molecule has 1 aromatic heterocycles. The Balaban J connectivity index is 0.926. The van der Waals surface area contributed by atoms with Gasteiger partial charge in [0.25, 0.3) is 0 Å². The average molecular weight is 876 g/mol. The van der Waals surface area contributed by atoms with Crippen molar-refractivity contribution in [2.24, 2.45) is 0 Å². The zero-order valence-electron chi connectivity index (χ0n) is 37.9. The molecule has 0 aliphatic heterocycles. The van der Waals surface area contributed by atoms with Gasteiger partial charge in [-0.2, -0.15) is 0 Å². The third kappa shape index (κ3) is 7.20. The summed E-state index contributed by atoms with van der Waals surface area (Å²) in [6.07, 6.45) is 0. The first-order valence-corrected chi connectivity index (χ1v) is 23.8. The van der Waals surface area contributed by atoms with Gasteiger partial charge in [0.05, 0.1) is 11.0 Å². The zero-order valence-corrected chi connectivity index (χ0v) is 37.9. The maximum Gasteiger partial charge on any atom is 0.0541 e. The lowest BCUT2D eigenvalue weighted by Gasteiger charge is -2.20. The maximum atomic E-state index is 2.41. The van der Waals surface area contributed by atoms with E-state index in [1.165, 1.54) is 127 Å². The molecule has 0 atom stereocenters. The van der Waals surface area contributed by atoms with E-state index < -0.39 is 0 Å². The molecule has 0 saturated heterocycles. The van der Waals surface area contributed by atoms with Gasteiger partial charge in [-0.25, -0.2) is 0 Å². The molecule has 0 amide bonds. The van der Waals surface area contributed by atoms with Crippen molar-refractivity contribution in [1.29, 1.82) is 0 Å². The lowest BCUT2D eigenvalue weighted by atomic mass is 9.83. The maximum absolute atomic E-state index is 2.41. The van der Waals surface area contributed by atoms with Crippen LogP contribution < -0.4 is 0 Å². The fourth-order valence-corrected chi connectivity index (χ4v) is 10.6. The Morgan fingerprint density at radius 2 is 0.478 bits per heavy atom. The molecule has 1 heterocycles. The topological polar surface area (TPSA) is 4.93 Å². The van der Waals surface area contributed by atoms with Gasteiger partial charge < -0.3 is 4.57 Å². The minimum absolute atomic E-state index is 1.17. The molecule has 0 radical (unpaired) electrons. The Labute approximate surface area is 402 Å². The number of hydrogen-bond donors (Lipinski definition) is 0. The molecule has 0 unspecified atom stereocenters. The van der Waals surface area contributed by atoms with Gasteiger partial charge in [0.15, 0.2) is 0 Å². The SMILES string of the molecule is c1ccc(-c2ccc(-c3c4ccc(-c5ccccc5)cc4c(-c4ccc(-c5ccc(-c6ccc7c(c6)c6ccccc6n7-c6ccccc6)cc5)cc4)c4ccc(-c5ccccc5)cc34)cc2)cc1. The van der Waals surface area contributed by atoms with E-state index in [-0.39, 0.29) is 0 Å². The largest absolute Gasteiger partial charge is 0.309 e. The molecule has 322 valence electrons. The minimum Gasteiger partial charge on any atom is -0.309 e. The molecule has 0 aliphatic rings. The van der Waals surface area contributed by atoms with E-state index in [0.717, 1.165) is 0 Å². The highest BCUT2D eigenvalue weighted by Gasteiger charge is 2.20. The van der Waals surface area contributed by atoms with Crippen molar-refractivity contribution in [3.05, 3.63) is 273 Å². The van der Waals surface area contributed by atoms with Crippen molar-refractivity contribution in [3.63, 3.8) is 0 Å². The van der Waals surface area contributed by atoms with Gasteiger partial charge in [0, 0.05) is 16.5 Å². The van der Waals surface area contributed by atoms with Gasteiger partial charge >= 0.3 is 0 Å². The molecule has 0 bridgehead atoms. The van der Waals surface area contributed by atoms with Crippen LogP contribution in [0.4, 0.5) is 0 Å². The monoisotopic (exact) mass is 875 g/mol. The molecule has 13 aromatic rings. The van der Waals surface area contributed by atoms with Gasteiger partial charge in [-0.15, -0.1) is 0 Å². The van der Waals surface area contributed by atoms with Crippen LogP contribution in [0.5, 0.6) is 0 Å². The van der Waals surface area contributed by atoms with Crippen molar-refractivity contribution in [3.8, 4) is 83.6 Å². The summed E-state index contributed by atoms with van der Waals surface area (Å²) >= 11 is 0. The van der Waals surface area contributed by atoms with Crippen LogP contribution in [0.25, 0.3) is 127 Å². The highest BCUT2D eigenvalue weighted by Crippen LogP contribution is 2.47. The van der Waals surface area contributed by atoms with Crippen LogP contribution in [0, 0.1) is 0 Å². The average Bonchev–Trinajstić information content (AvgIpc) is 3.77. The number of benzene rings is 12. The Kier molecular flexibility index (Phi) is 9.91. The second-order valence-electron chi connectivity index (χ2n) is 18.0. The van der Waals surface area contributed by atoms with Crippen LogP contribution in [0.15, 0.2) is 273 Å². The second kappa shape index (κ2) is 17.0. The second-order valence-corrected chi connectivity index (χ2v) is 18.0. The number of aromatic nitrogens is 1. The highest BCUT2D eigenvalue weighted by atomic mass is 15.0. The van der Waals surface area contributed by atoms with Crippen molar-refractivity contribution in [2.45, 2.75) is 0 Å². The molecular weight excluding hydrogens is 831 g/mol. The number of rotatable bonds is 8. The van der Waals surface area contributed by atoms with Gasteiger partial charge in [-0.05, 0) is 142 Å². The van der Waals surface area contributed by atoms with Crippen LogP contribution in [-0.2, 0) is 0 Å². The van der Waals surface area contributed by atoms with Gasteiger partial charge in [-0.1, -0.05) is 231 Å². The minimum atomic E-state index is 1.17. The Hall–Kier alpha value is -9.04. The summed E-state index contributed by atoms with van der Waals surface area (Å²) in [4.78, 5) is 0. The smallest absolute Gasteiger partial charge is 0.0541 e. The number of fused-ring (bicyclic) bond motifs is 5. The summed E-state index contributed by atoms with van der Waals surface area (Å²) in [5.74, 6) is 0. The summed E-state index contributed by atoms with van der Waals surface area (Å²) < 4.78 is 2.37. The van der Waals surface area contributed by atoms with Gasteiger partial charge in [0.1, 0.15) is 0 Å². The number of nitrogens with zero attached hydrogens (tertiary/aromatic N) is 1. The summed E-state index contributed by atoms with van der Waals surface area (Å²) in [6, 6.07) is 100.0. The zero-order chi connectivity index (χ0) is 45.7. The third-order valence-corrected chi connectivity index (χ3v) is 14.0. The van der Waals surface area contributed by atoms with Crippen LogP contribution in [0.3, 0.4) is 0 Å². The normalized spacial score (nSPS) is 11.5. The van der Waals surface area contributed by atoms with Gasteiger partial charge in [-0.3, -0.25) is 0 Å². The molecule has 0 fully saturated rings. The van der Waals surface area contributed by atoms with Crippen molar-refractivity contribution >= 4 is 43.4 Å². The molecule has 13 rings (SSSR count). The summed E-state index contributed by atoms with van der Waals surface area (Å²) in [5.41, 5.74) is 20.5. The quantitative estimate of drug-likeness (QED) is 0.134. The molecule has 12 aromatic carbocycles. The van der Waals surface area contributed by atoms with Crippen LogP contribution in [-0.4, -0.2) is 4.57 Å². The first-order chi connectivity index (χ1) is 34.2.